The second-order valence-electron chi connectivity index (χ2n) is 5.98. The Morgan fingerprint density at radius 1 is 1.20 bits per heavy atom. The Kier molecular flexibility index (Phi) is 4.60. The van der Waals surface area contributed by atoms with E-state index < -0.39 is 6.43 Å². The van der Waals surface area contributed by atoms with Gasteiger partial charge in [-0.15, -0.1) is 11.6 Å². The lowest BCUT2D eigenvalue weighted by atomic mass is 10.0. The topological polar surface area (TPSA) is 43.1 Å². The molecule has 0 aliphatic heterocycles. The SMILES string of the molecule is Cc1cc([C@H](C)Cl)c2oc(-c3cccc(C(F)F)n3)c(C)c(=O)c2c1. The van der Waals surface area contributed by atoms with Crippen molar-refractivity contribution < 1.29 is 13.2 Å². The van der Waals surface area contributed by atoms with Gasteiger partial charge in [0.1, 0.15) is 17.0 Å². The van der Waals surface area contributed by atoms with Crippen molar-refractivity contribution in [3.63, 3.8) is 0 Å². The van der Waals surface area contributed by atoms with Crippen LogP contribution in [0.2, 0.25) is 0 Å². The third-order valence-corrected chi connectivity index (χ3v) is 4.28. The Bertz CT molecular complexity index is 1010. The minimum absolute atomic E-state index is 0.183. The molecule has 0 spiro atoms. The fourth-order valence-corrected chi connectivity index (χ4v) is 2.97. The molecule has 2 heterocycles. The van der Waals surface area contributed by atoms with E-state index in [0.29, 0.717) is 22.1 Å². The van der Waals surface area contributed by atoms with E-state index in [1.165, 1.54) is 12.1 Å². The van der Waals surface area contributed by atoms with E-state index >= 15 is 0 Å². The highest BCUT2D eigenvalue weighted by molar-refractivity contribution is 6.21. The summed E-state index contributed by atoms with van der Waals surface area (Å²) >= 11 is 6.23. The summed E-state index contributed by atoms with van der Waals surface area (Å²) in [6.45, 7) is 5.26. The molecule has 0 amide bonds. The molecular weight excluding hydrogens is 348 g/mol. The number of nitrogens with zero attached hydrogens (tertiary/aromatic N) is 1. The van der Waals surface area contributed by atoms with Crippen LogP contribution in [0.25, 0.3) is 22.4 Å². The lowest BCUT2D eigenvalue weighted by Gasteiger charge is -2.12. The number of aromatic nitrogens is 1. The minimum Gasteiger partial charge on any atom is -0.454 e. The highest BCUT2D eigenvalue weighted by Crippen LogP contribution is 2.32. The predicted molar refractivity (Wildman–Crippen MR) is 94.4 cm³/mol. The molecule has 0 radical (unpaired) electrons. The van der Waals surface area contributed by atoms with Crippen LogP contribution in [0.4, 0.5) is 8.78 Å². The normalized spacial score (nSPS) is 12.8. The number of alkyl halides is 3. The lowest BCUT2D eigenvalue weighted by Crippen LogP contribution is -2.09. The second-order valence-corrected chi connectivity index (χ2v) is 6.64. The van der Waals surface area contributed by atoms with Crippen LogP contribution >= 0.6 is 11.6 Å². The van der Waals surface area contributed by atoms with E-state index in [-0.39, 0.29) is 28.0 Å². The molecule has 3 aromatic rings. The number of halogens is 3. The van der Waals surface area contributed by atoms with E-state index in [1.54, 1.807) is 26.0 Å². The second kappa shape index (κ2) is 6.56. The zero-order valence-corrected chi connectivity index (χ0v) is 14.7. The smallest absolute Gasteiger partial charge is 0.280 e. The minimum atomic E-state index is -2.70. The van der Waals surface area contributed by atoms with E-state index in [2.05, 4.69) is 4.98 Å². The van der Waals surface area contributed by atoms with Crippen molar-refractivity contribution in [2.75, 3.05) is 0 Å². The van der Waals surface area contributed by atoms with Crippen LogP contribution < -0.4 is 5.43 Å². The number of hydrogen-bond donors (Lipinski definition) is 0. The standard InChI is InChI=1S/C19H16ClF2NO2/c1-9-7-12(11(3)20)18-13(8-9)16(24)10(2)17(25-18)14-5-4-6-15(23-14)19(21)22/h4-8,11,19H,1-3H3/t11-/m0/s1. The summed E-state index contributed by atoms with van der Waals surface area (Å²) in [4.78, 5) is 16.7. The molecule has 0 N–H and O–H groups in total. The van der Waals surface area contributed by atoms with Crippen molar-refractivity contribution in [3.8, 4) is 11.5 Å². The quantitative estimate of drug-likeness (QED) is 0.560. The molecule has 0 saturated carbocycles. The lowest BCUT2D eigenvalue weighted by molar-refractivity contribution is 0.146. The number of rotatable bonds is 3. The average molecular weight is 364 g/mol. The molecule has 0 bridgehead atoms. The van der Waals surface area contributed by atoms with Gasteiger partial charge in [0, 0.05) is 11.1 Å². The first kappa shape index (κ1) is 17.5. The molecule has 0 aliphatic carbocycles. The number of aryl methyl sites for hydroxylation is 1. The maximum absolute atomic E-state index is 12.9. The van der Waals surface area contributed by atoms with Gasteiger partial charge in [-0.2, -0.15) is 0 Å². The van der Waals surface area contributed by atoms with Gasteiger partial charge in [0.15, 0.2) is 11.2 Å². The molecule has 0 saturated heterocycles. The zero-order chi connectivity index (χ0) is 18.3. The molecule has 25 heavy (non-hydrogen) atoms. The molecule has 130 valence electrons. The van der Waals surface area contributed by atoms with Gasteiger partial charge in [-0.3, -0.25) is 4.79 Å². The van der Waals surface area contributed by atoms with Crippen LogP contribution in [-0.2, 0) is 0 Å². The van der Waals surface area contributed by atoms with Crippen molar-refractivity contribution in [1.29, 1.82) is 0 Å². The molecule has 1 atom stereocenters. The van der Waals surface area contributed by atoms with E-state index in [9.17, 15) is 13.6 Å². The van der Waals surface area contributed by atoms with Crippen LogP contribution in [0.1, 0.15) is 41.1 Å². The third kappa shape index (κ3) is 3.16. The van der Waals surface area contributed by atoms with Gasteiger partial charge in [0.25, 0.3) is 6.43 Å². The Labute approximate surface area is 148 Å². The third-order valence-electron chi connectivity index (χ3n) is 4.05. The first-order valence-corrected chi connectivity index (χ1v) is 8.20. The van der Waals surface area contributed by atoms with Crippen molar-refractivity contribution >= 4 is 22.6 Å². The zero-order valence-electron chi connectivity index (χ0n) is 13.9. The number of pyridine rings is 1. The van der Waals surface area contributed by atoms with Gasteiger partial charge in [0.05, 0.1) is 10.8 Å². The average Bonchev–Trinajstić information content (AvgIpc) is 2.57. The molecule has 6 heteroatoms. The Morgan fingerprint density at radius 2 is 1.92 bits per heavy atom. The van der Waals surface area contributed by atoms with Crippen molar-refractivity contribution in [3.05, 3.63) is 62.9 Å². The maximum Gasteiger partial charge on any atom is 0.280 e. The Balaban J connectivity index is 2.36. The molecule has 3 nitrogen and oxygen atoms in total. The van der Waals surface area contributed by atoms with Gasteiger partial charge in [0.2, 0.25) is 0 Å². The number of fused-ring (bicyclic) bond motifs is 1. The summed E-state index contributed by atoms with van der Waals surface area (Å²) in [6, 6.07) is 7.84. The first-order chi connectivity index (χ1) is 11.8. The van der Waals surface area contributed by atoms with Crippen molar-refractivity contribution in [1.82, 2.24) is 4.98 Å². The van der Waals surface area contributed by atoms with Crippen LogP contribution in [-0.4, -0.2) is 4.98 Å². The van der Waals surface area contributed by atoms with Crippen LogP contribution in [0, 0.1) is 13.8 Å². The van der Waals surface area contributed by atoms with Crippen molar-refractivity contribution in [2.45, 2.75) is 32.6 Å². The van der Waals surface area contributed by atoms with Gasteiger partial charge in [-0.1, -0.05) is 12.1 Å². The largest absolute Gasteiger partial charge is 0.454 e. The monoisotopic (exact) mass is 363 g/mol. The fraction of sp³-hybridized carbons (Fsp3) is 0.263. The number of benzene rings is 1. The molecule has 0 fully saturated rings. The maximum atomic E-state index is 12.9. The number of hydrogen-bond acceptors (Lipinski definition) is 3. The summed E-state index contributed by atoms with van der Waals surface area (Å²) in [7, 11) is 0. The van der Waals surface area contributed by atoms with E-state index in [1.807, 2.05) is 13.0 Å². The van der Waals surface area contributed by atoms with Crippen LogP contribution in [0.15, 0.2) is 39.5 Å². The molecule has 0 aliphatic rings. The van der Waals surface area contributed by atoms with Gasteiger partial charge < -0.3 is 4.42 Å². The summed E-state index contributed by atoms with van der Waals surface area (Å²) < 4.78 is 31.8. The van der Waals surface area contributed by atoms with E-state index in [4.69, 9.17) is 16.0 Å². The summed E-state index contributed by atoms with van der Waals surface area (Å²) in [5, 5.41) is 0.0511. The summed E-state index contributed by atoms with van der Waals surface area (Å²) in [5.41, 5.74) is 1.88. The predicted octanol–water partition coefficient (Wildman–Crippen LogP) is 5.71. The summed E-state index contributed by atoms with van der Waals surface area (Å²) in [5.74, 6) is 0.183. The fourth-order valence-electron chi connectivity index (χ4n) is 2.81. The molecule has 3 rings (SSSR count). The Hall–Kier alpha value is -2.27. The van der Waals surface area contributed by atoms with Gasteiger partial charge >= 0.3 is 0 Å². The first-order valence-electron chi connectivity index (χ1n) is 7.77. The highest BCUT2D eigenvalue weighted by Gasteiger charge is 2.19. The van der Waals surface area contributed by atoms with Crippen LogP contribution in [0.3, 0.4) is 0 Å². The molecular formula is C19H16ClF2NO2. The summed E-state index contributed by atoms with van der Waals surface area (Å²) in [6.07, 6.45) is -2.70. The van der Waals surface area contributed by atoms with Gasteiger partial charge in [-0.25, -0.2) is 13.8 Å². The Morgan fingerprint density at radius 3 is 2.56 bits per heavy atom. The highest BCUT2D eigenvalue weighted by atomic mass is 35.5. The van der Waals surface area contributed by atoms with Crippen molar-refractivity contribution in [2.24, 2.45) is 0 Å². The molecule has 2 aromatic heterocycles. The van der Waals surface area contributed by atoms with Crippen LogP contribution in [0.5, 0.6) is 0 Å². The van der Waals surface area contributed by atoms with E-state index in [0.717, 1.165) is 5.56 Å². The molecule has 0 unspecified atom stereocenters. The van der Waals surface area contributed by atoms with Gasteiger partial charge in [-0.05, 0) is 44.5 Å². The molecule has 1 aromatic carbocycles.